The summed E-state index contributed by atoms with van der Waals surface area (Å²) in [5.74, 6) is -1.13. The minimum atomic E-state index is -4.67. The van der Waals surface area contributed by atoms with Crippen LogP contribution in [0.5, 0.6) is 5.75 Å². The largest absolute Gasteiger partial charge is 0.493 e. The molecule has 0 aliphatic carbocycles. The highest BCUT2D eigenvalue weighted by molar-refractivity contribution is 7.90. The number of carbonyl (C=O) groups is 1. The van der Waals surface area contributed by atoms with E-state index in [-0.39, 0.29) is 41.6 Å². The average molecular weight is 546 g/mol. The number of benzene rings is 1. The van der Waals surface area contributed by atoms with Crippen molar-refractivity contribution < 1.29 is 35.9 Å². The Balaban J connectivity index is 2.03. The normalized spacial score (nSPS) is 17.4. The van der Waals surface area contributed by atoms with Gasteiger partial charge in [0.15, 0.2) is 5.49 Å². The molecular formula is C25H34F3N3O5S. The van der Waals surface area contributed by atoms with E-state index in [0.29, 0.717) is 18.6 Å². The van der Waals surface area contributed by atoms with E-state index < -0.39 is 27.5 Å². The molecule has 0 radical (unpaired) electrons. The lowest BCUT2D eigenvalue weighted by Gasteiger charge is -2.21. The first-order valence-electron chi connectivity index (χ1n) is 12.1. The molecule has 0 spiro atoms. The van der Waals surface area contributed by atoms with Gasteiger partial charge >= 0.3 is 6.18 Å². The third kappa shape index (κ3) is 7.70. The molecule has 1 aromatic carbocycles. The Bertz CT molecular complexity index is 1300. The van der Waals surface area contributed by atoms with Crippen LogP contribution < -0.4 is 10.2 Å². The first kappa shape index (κ1) is 29.0. The van der Waals surface area contributed by atoms with Crippen LogP contribution in [0.3, 0.4) is 0 Å². The molecule has 0 bridgehead atoms. The highest BCUT2D eigenvalue weighted by Crippen LogP contribution is 2.33. The van der Waals surface area contributed by atoms with Crippen molar-refractivity contribution in [2.45, 2.75) is 64.3 Å². The van der Waals surface area contributed by atoms with Gasteiger partial charge in [-0.3, -0.25) is 14.2 Å². The van der Waals surface area contributed by atoms with Crippen LogP contribution in [0.2, 0.25) is 0 Å². The second kappa shape index (κ2) is 11.0. The van der Waals surface area contributed by atoms with E-state index >= 15 is 0 Å². The maximum Gasteiger partial charge on any atom is 0.416 e. The zero-order valence-corrected chi connectivity index (χ0v) is 22.6. The minimum Gasteiger partial charge on any atom is -0.493 e. The van der Waals surface area contributed by atoms with Gasteiger partial charge < -0.3 is 9.47 Å². The van der Waals surface area contributed by atoms with Crippen LogP contribution in [0.25, 0.3) is 0 Å². The molecule has 0 saturated carbocycles. The number of hydrogen-bond donors (Lipinski definition) is 0. The van der Waals surface area contributed by atoms with Gasteiger partial charge in [-0.1, -0.05) is 20.8 Å². The van der Waals surface area contributed by atoms with E-state index in [0.717, 1.165) is 43.0 Å². The van der Waals surface area contributed by atoms with Gasteiger partial charge in [-0.05, 0) is 37.5 Å². The number of halogens is 3. The van der Waals surface area contributed by atoms with Crippen molar-refractivity contribution >= 4 is 15.7 Å². The van der Waals surface area contributed by atoms with Crippen LogP contribution in [0.1, 0.15) is 61.6 Å². The van der Waals surface area contributed by atoms with Gasteiger partial charge in [-0.2, -0.15) is 18.2 Å². The Hall–Kier alpha value is -2.60. The van der Waals surface area contributed by atoms with Gasteiger partial charge in [-0.25, -0.2) is 8.42 Å². The molecule has 1 atom stereocenters. The first-order valence-corrected chi connectivity index (χ1v) is 14.1. The van der Waals surface area contributed by atoms with Gasteiger partial charge in [0.25, 0.3) is 5.91 Å². The van der Waals surface area contributed by atoms with Crippen LogP contribution >= 0.6 is 0 Å². The van der Waals surface area contributed by atoms with E-state index in [1.54, 1.807) is 10.7 Å². The summed E-state index contributed by atoms with van der Waals surface area (Å²) in [5.41, 5.74) is -0.454. The zero-order chi connectivity index (χ0) is 27.6. The summed E-state index contributed by atoms with van der Waals surface area (Å²) in [6, 6.07) is 4.36. The Morgan fingerprint density at radius 2 is 1.92 bits per heavy atom. The van der Waals surface area contributed by atoms with Crippen LogP contribution in [-0.4, -0.2) is 55.0 Å². The number of alkyl halides is 3. The van der Waals surface area contributed by atoms with Crippen molar-refractivity contribution in [1.29, 1.82) is 0 Å². The summed E-state index contributed by atoms with van der Waals surface area (Å²) >= 11 is 0. The summed E-state index contributed by atoms with van der Waals surface area (Å²) in [5, 5.41) is 0. The molecule has 1 saturated heterocycles. The molecule has 1 amide bonds. The lowest BCUT2D eigenvalue weighted by atomic mass is 9.92. The fourth-order valence-corrected chi connectivity index (χ4v) is 4.87. The number of aromatic nitrogens is 2. The van der Waals surface area contributed by atoms with E-state index in [1.165, 1.54) is 0 Å². The van der Waals surface area contributed by atoms with Crippen molar-refractivity contribution in [3.05, 3.63) is 46.6 Å². The summed E-state index contributed by atoms with van der Waals surface area (Å²) in [6.45, 7) is 7.05. The van der Waals surface area contributed by atoms with Crippen molar-refractivity contribution in [1.82, 2.24) is 9.36 Å². The molecule has 3 rings (SSSR count). The van der Waals surface area contributed by atoms with Crippen molar-refractivity contribution in [2.24, 2.45) is 12.0 Å². The van der Waals surface area contributed by atoms with E-state index in [2.05, 4.69) is 4.99 Å². The molecule has 1 fully saturated rings. The molecule has 12 heteroatoms. The monoisotopic (exact) mass is 545 g/mol. The summed E-state index contributed by atoms with van der Waals surface area (Å²) in [4.78, 5) is 17.5. The maximum atomic E-state index is 13.4. The zero-order valence-electron chi connectivity index (χ0n) is 21.8. The van der Waals surface area contributed by atoms with E-state index in [9.17, 15) is 26.4 Å². The van der Waals surface area contributed by atoms with Crippen LogP contribution in [0.15, 0.2) is 29.3 Å². The molecular weight excluding hydrogens is 511 g/mol. The Kier molecular flexibility index (Phi) is 8.63. The van der Waals surface area contributed by atoms with Crippen LogP contribution in [0.4, 0.5) is 13.2 Å². The average Bonchev–Trinajstić information content (AvgIpc) is 3.39. The SMILES string of the molecule is Cn1c(C(C)(C)C)cc(=NC(=O)c2cc(C(F)(F)F)ccc2OCCCS(C)(=O)=O)n1C[C@H]1CCCO1. The second-order valence-corrected chi connectivity index (χ2v) is 12.6. The quantitative estimate of drug-likeness (QED) is 0.470. The smallest absolute Gasteiger partial charge is 0.416 e. The standard InChI is InChI=1S/C25H34F3N3O5S/c1-24(2,3)21-15-22(31(30(21)4)16-18-8-6-11-35-18)29-23(32)19-14-17(25(26,27)28)9-10-20(19)36-12-7-13-37(5,33)34/h9-10,14-15,18H,6-8,11-13,16H2,1-5H3/t18-/m1/s1. The van der Waals surface area contributed by atoms with E-state index in [1.807, 2.05) is 32.5 Å². The Morgan fingerprint density at radius 1 is 1.22 bits per heavy atom. The summed E-state index contributed by atoms with van der Waals surface area (Å²) in [7, 11) is -1.38. The van der Waals surface area contributed by atoms with Gasteiger partial charge in [-0.15, -0.1) is 0 Å². The van der Waals surface area contributed by atoms with Gasteiger partial charge in [0.1, 0.15) is 15.6 Å². The lowest BCUT2D eigenvalue weighted by Crippen LogP contribution is -2.30. The number of nitrogens with zero attached hydrogens (tertiary/aromatic N) is 3. The molecule has 1 aliphatic rings. The number of amides is 1. The van der Waals surface area contributed by atoms with Crippen LogP contribution in [0, 0.1) is 0 Å². The Morgan fingerprint density at radius 3 is 2.49 bits per heavy atom. The molecule has 37 heavy (non-hydrogen) atoms. The summed E-state index contributed by atoms with van der Waals surface area (Å²) in [6.07, 6.45) is -1.74. The number of sulfone groups is 1. The molecule has 8 nitrogen and oxygen atoms in total. The third-order valence-electron chi connectivity index (χ3n) is 6.08. The fourth-order valence-electron chi connectivity index (χ4n) is 4.23. The molecule has 1 aliphatic heterocycles. The van der Waals surface area contributed by atoms with Gasteiger partial charge in [0.2, 0.25) is 0 Å². The van der Waals surface area contributed by atoms with Crippen LogP contribution in [-0.2, 0) is 39.8 Å². The minimum absolute atomic E-state index is 0.0576. The predicted octanol–water partition coefficient (Wildman–Crippen LogP) is 3.88. The van der Waals surface area contributed by atoms with Crippen molar-refractivity contribution in [3.8, 4) is 5.75 Å². The second-order valence-electron chi connectivity index (χ2n) is 10.3. The number of ether oxygens (including phenoxy) is 2. The van der Waals surface area contributed by atoms with E-state index in [4.69, 9.17) is 9.47 Å². The topological polar surface area (TPSA) is 91.9 Å². The predicted molar refractivity (Wildman–Crippen MR) is 132 cm³/mol. The molecule has 206 valence electrons. The molecule has 0 N–H and O–H groups in total. The highest BCUT2D eigenvalue weighted by Gasteiger charge is 2.32. The lowest BCUT2D eigenvalue weighted by molar-refractivity contribution is -0.137. The molecule has 2 heterocycles. The molecule has 1 aromatic heterocycles. The third-order valence-corrected chi connectivity index (χ3v) is 7.11. The summed E-state index contributed by atoms with van der Waals surface area (Å²) < 4.78 is 78.0. The number of rotatable bonds is 8. The highest BCUT2D eigenvalue weighted by atomic mass is 32.2. The molecule has 2 aromatic rings. The van der Waals surface area contributed by atoms with Crippen molar-refractivity contribution in [3.63, 3.8) is 0 Å². The van der Waals surface area contributed by atoms with Gasteiger partial charge in [0, 0.05) is 37.1 Å². The number of hydrogen-bond acceptors (Lipinski definition) is 5. The van der Waals surface area contributed by atoms with Gasteiger partial charge in [0.05, 0.1) is 36.1 Å². The fraction of sp³-hybridized carbons (Fsp3) is 0.600. The van der Waals surface area contributed by atoms with Crippen molar-refractivity contribution in [2.75, 3.05) is 25.2 Å². The number of carbonyl (C=O) groups excluding carboxylic acids is 1. The Labute approximate surface area is 215 Å². The molecule has 0 unspecified atom stereocenters. The maximum absolute atomic E-state index is 13.4. The first-order chi connectivity index (χ1) is 17.1.